The Morgan fingerprint density at radius 3 is 2.97 bits per heavy atom. The van der Waals surface area contributed by atoms with Crippen LogP contribution < -0.4 is 15.0 Å². The molecule has 1 atom stereocenters. The summed E-state index contributed by atoms with van der Waals surface area (Å²) in [6.45, 7) is 1.40. The molecule has 9 heteroatoms. The van der Waals surface area contributed by atoms with Crippen molar-refractivity contribution in [3.63, 3.8) is 0 Å². The second-order valence-electron chi connectivity index (χ2n) is 6.89. The minimum absolute atomic E-state index is 0.00599. The second-order valence-corrected chi connectivity index (χ2v) is 7.33. The fourth-order valence-corrected chi connectivity index (χ4v) is 3.55. The van der Waals surface area contributed by atoms with E-state index in [4.69, 9.17) is 16.3 Å². The molecule has 1 unspecified atom stereocenters. The van der Waals surface area contributed by atoms with Gasteiger partial charge in [0.15, 0.2) is 0 Å². The second kappa shape index (κ2) is 8.08. The predicted octanol–water partition coefficient (Wildman–Crippen LogP) is 2.55. The molecular weight excluding hydrogens is 392 g/mol. The van der Waals surface area contributed by atoms with E-state index in [1.807, 2.05) is 19.3 Å². The van der Waals surface area contributed by atoms with Crippen LogP contribution in [0.2, 0.25) is 5.02 Å². The monoisotopic (exact) mass is 412 g/mol. The molecule has 150 valence electrons. The van der Waals surface area contributed by atoms with Crippen molar-refractivity contribution in [1.29, 1.82) is 0 Å². The zero-order valence-corrected chi connectivity index (χ0v) is 16.9. The predicted molar refractivity (Wildman–Crippen MR) is 110 cm³/mol. The van der Waals surface area contributed by atoms with Gasteiger partial charge in [-0.05, 0) is 30.7 Å². The maximum atomic E-state index is 12.7. The van der Waals surface area contributed by atoms with Crippen molar-refractivity contribution in [3.05, 3.63) is 53.4 Å². The number of nitrogens with zero attached hydrogens (tertiary/aromatic N) is 5. The van der Waals surface area contributed by atoms with Gasteiger partial charge in [-0.1, -0.05) is 11.6 Å². The van der Waals surface area contributed by atoms with Crippen LogP contribution in [-0.2, 0) is 7.05 Å². The maximum Gasteiger partial charge on any atom is 0.255 e. The molecule has 2 aromatic heterocycles. The average Bonchev–Trinajstić information content (AvgIpc) is 3.37. The van der Waals surface area contributed by atoms with Gasteiger partial charge < -0.3 is 15.0 Å². The number of methoxy groups -OCH3 is 1. The molecule has 1 aliphatic heterocycles. The number of halogens is 1. The highest BCUT2D eigenvalue weighted by Gasteiger charge is 2.27. The molecule has 1 N–H and O–H groups in total. The van der Waals surface area contributed by atoms with Gasteiger partial charge in [0.2, 0.25) is 5.95 Å². The highest BCUT2D eigenvalue weighted by Crippen LogP contribution is 2.24. The highest BCUT2D eigenvalue weighted by molar-refractivity contribution is 6.30. The van der Waals surface area contributed by atoms with E-state index in [9.17, 15) is 4.79 Å². The third-order valence-corrected chi connectivity index (χ3v) is 5.09. The van der Waals surface area contributed by atoms with Gasteiger partial charge in [0, 0.05) is 49.2 Å². The Balaban J connectivity index is 1.44. The van der Waals surface area contributed by atoms with Crippen molar-refractivity contribution < 1.29 is 9.53 Å². The van der Waals surface area contributed by atoms with E-state index in [1.54, 1.807) is 35.3 Å². The number of hydrogen-bond acceptors (Lipinski definition) is 6. The lowest BCUT2D eigenvalue weighted by molar-refractivity contribution is 0.0937. The van der Waals surface area contributed by atoms with Crippen LogP contribution in [0.1, 0.15) is 16.8 Å². The third-order valence-electron chi connectivity index (χ3n) is 4.86. The Labute approximate surface area is 173 Å². The van der Waals surface area contributed by atoms with E-state index in [2.05, 4.69) is 25.3 Å². The Morgan fingerprint density at radius 1 is 1.34 bits per heavy atom. The molecule has 3 heterocycles. The number of ether oxygens (including phenoxy) is 1. The normalized spacial score (nSPS) is 16.1. The van der Waals surface area contributed by atoms with Crippen LogP contribution in [0.25, 0.3) is 11.3 Å². The van der Waals surface area contributed by atoms with Gasteiger partial charge in [-0.15, -0.1) is 0 Å². The van der Waals surface area contributed by atoms with Crippen molar-refractivity contribution in [1.82, 2.24) is 25.1 Å². The smallest absolute Gasteiger partial charge is 0.255 e. The van der Waals surface area contributed by atoms with E-state index in [0.29, 0.717) is 28.8 Å². The summed E-state index contributed by atoms with van der Waals surface area (Å²) in [6, 6.07) is 6.84. The van der Waals surface area contributed by atoms with Crippen LogP contribution in [0.3, 0.4) is 0 Å². The number of amides is 1. The van der Waals surface area contributed by atoms with E-state index in [1.165, 1.54) is 7.11 Å². The largest absolute Gasteiger partial charge is 0.496 e. The number of aryl methyl sites for hydroxylation is 1. The zero-order chi connectivity index (χ0) is 20.4. The first kappa shape index (κ1) is 19.2. The number of benzene rings is 1. The summed E-state index contributed by atoms with van der Waals surface area (Å²) in [6.07, 6.45) is 6.24. The quantitative estimate of drug-likeness (QED) is 0.693. The van der Waals surface area contributed by atoms with Crippen molar-refractivity contribution >= 4 is 23.5 Å². The molecule has 8 nitrogen and oxygen atoms in total. The molecular formula is C20H21ClN6O2. The van der Waals surface area contributed by atoms with Crippen LogP contribution in [0.5, 0.6) is 5.75 Å². The first-order chi connectivity index (χ1) is 14.0. The van der Waals surface area contributed by atoms with E-state index >= 15 is 0 Å². The van der Waals surface area contributed by atoms with E-state index < -0.39 is 0 Å². The molecule has 0 aliphatic carbocycles. The van der Waals surface area contributed by atoms with Crippen LogP contribution in [0, 0.1) is 0 Å². The minimum Gasteiger partial charge on any atom is -0.496 e. The Bertz CT molecular complexity index is 1040. The molecule has 3 aromatic rings. The number of carbonyl (C=O) groups excluding carboxylic acids is 1. The number of hydrogen-bond donors (Lipinski definition) is 1. The van der Waals surface area contributed by atoms with Crippen molar-refractivity contribution in [2.45, 2.75) is 12.5 Å². The number of nitrogens with one attached hydrogen (secondary N) is 1. The zero-order valence-electron chi connectivity index (χ0n) is 16.2. The Kier molecular flexibility index (Phi) is 5.35. The molecule has 1 amide bonds. The molecule has 1 aliphatic rings. The third kappa shape index (κ3) is 4.17. The molecule has 1 fully saturated rings. The molecule has 0 bridgehead atoms. The molecule has 0 radical (unpaired) electrons. The van der Waals surface area contributed by atoms with Gasteiger partial charge >= 0.3 is 0 Å². The van der Waals surface area contributed by atoms with Crippen molar-refractivity contribution in [2.75, 3.05) is 25.1 Å². The standard InChI is InChI=1S/C20H21ClN6O2/c1-26-11-13(10-23-26)17-5-7-22-20(25-17)27-8-6-15(12-27)24-19(28)16-4-3-14(21)9-18(16)29-2/h3-5,7,9-11,15H,6,8,12H2,1-2H3,(H,24,28). The molecule has 1 aromatic carbocycles. The van der Waals surface area contributed by atoms with E-state index in [-0.39, 0.29) is 11.9 Å². The fraction of sp³-hybridized carbons (Fsp3) is 0.300. The SMILES string of the molecule is COc1cc(Cl)ccc1C(=O)NC1CCN(c2nccc(-c3cnn(C)c3)n2)C1. The van der Waals surface area contributed by atoms with Gasteiger partial charge in [-0.25, -0.2) is 9.97 Å². The van der Waals surface area contributed by atoms with Crippen LogP contribution in [-0.4, -0.2) is 51.9 Å². The summed E-state index contributed by atoms with van der Waals surface area (Å²) in [5, 5.41) is 7.78. The van der Waals surface area contributed by atoms with Gasteiger partial charge in [-0.3, -0.25) is 9.48 Å². The average molecular weight is 413 g/mol. The van der Waals surface area contributed by atoms with Crippen molar-refractivity contribution in [2.24, 2.45) is 7.05 Å². The first-order valence-corrected chi connectivity index (χ1v) is 9.62. The fourth-order valence-electron chi connectivity index (χ4n) is 3.39. The van der Waals surface area contributed by atoms with Gasteiger partial charge in [0.05, 0.1) is 24.6 Å². The number of rotatable bonds is 5. The van der Waals surface area contributed by atoms with Crippen molar-refractivity contribution in [3.8, 4) is 17.0 Å². The van der Waals surface area contributed by atoms with Crippen LogP contribution in [0.4, 0.5) is 5.95 Å². The summed E-state index contributed by atoms with van der Waals surface area (Å²) in [7, 11) is 3.39. The lowest BCUT2D eigenvalue weighted by atomic mass is 10.1. The molecule has 1 saturated heterocycles. The number of anilines is 1. The summed E-state index contributed by atoms with van der Waals surface area (Å²) < 4.78 is 7.02. The van der Waals surface area contributed by atoms with Gasteiger partial charge in [0.25, 0.3) is 5.91 Å². The lowest BCUT2D eigenvalue weighted by Gasteiger charge is -2.18. The van der Waals surface area contributed by atoms with Gasteiger partial charge in [0.1, 0.15) is 5.75 Å². The minimum atomic E-state index is -0.185. The van der Waals surface area contributed by atoms with Crippen LogP contribution in [0.15, 0.2) is 42.9 Å². The Hall–Kier alpha value is -3.13. The topological polar surface area (TPSA) is 85.2 Å². The Morgan fingerprint density at radius 2 is 2.21 bits per heavy atom. The summed E-state index contributed by atoms with van der Waals surface area (Å²) in [4.78, 5) is 23.8. The molecule has 0 spiro atoms. The molecule has 4 rings (SSSR count). The maximum absolute atomic E-state index is 12.7. The van der Waals surface area contributed by atoms with E-state index in [0.717, 1.165) is 24.2 Å². The first-order valence-electron chi connectivity index (χ1n) is 9.25. The molecule has 0 saturated carbocycles. The van der Waals surface area contributed by atoms with Gasteiger partial charge in [-0.2, -0.15) is 5.10 Å². The summed E-state index contributed by atoms with van der Waals surface area (Å²) >= 11 is 5.98. The highest BCUT2D eigenvalue weighted by atomic mass is 35.5. The summed E-state index contributed by atoms with van der Waals surface area (Å²) in [5.74, 6) is 0.917. The lowest BCUT2D eigenvalue weighted by Crippen LogP contribution is -2.37. The number of aromatic nitrogens is 4. The van der Waals surface area contributed by atoms with Crippen LogP contribution >= 0.6 is 11.6 Å². The summed E-state index contributed by atoms with van der Waals surface area (Å²) in [5.41, 5.74) is 2.22. The number of carbonyl (C=O) groups is 1. The molecule has 29 heavy (non-hydrogen) atoms.